The summed E-state index contributed by atoms with van der Waals surface area (Å²) in [6.45, 7) is 3.70. The van der Waals surface area contributed by atoms with Gasteiger partial charge < -0.3 is 10.5 Å². The van der Waals surface area contributed by atoms with Gasteiger partial charge in [0.1, 0.15) is 0 Å². The number of hydrogen-bond acceptors (Lipinski definition) is 3. The Hall–Kier alpha value is -0.720. The number of morpholine rings is 1. The molecule has 3 aliphatic rings. The van der Waals surface area contributed by atoms with Crippen molar-refractivity contribution < 1.29 is 4.74 Å². The number of ether oxygens (including phenoxy) is 1. The van der Waals surface area contributed by atoms with Gasteiger partial charge in [0.25, 0.3) is 0 Å². The van der Waals surface area contributed by atoms with Gasteiger partial charge >= 0.3 is 0 Å². The topological polar surface area (TPSA) is 38.5 Å². The fourth-order valence-electron chi connectivity index (χ4n) is 4.59. The highest BCUT2D eigenvalue weighted by Gasteiger charge is 2.51. The van der Waals surface area contributed by atoms with E-state index < -0.39 is 0 Å². The molecule has 0 atom stereocenters. The second-order valence-corrected chi connectivity index (χ2v) is 10.00. The minimum absolute atomic E-state index is 0.157. The number of rotatable bonds is 4. The van der Waals surface area contributed by atoms with Crippen LogP contribution in [-0.2, 0) is 15.8 Å². The van der Waals surface area contributed by atoms with Crippen LogP contribution in [0.4, 0.5) is 0 Å². The van der Waals surface area contributed by atoms with Crippen molar-refractivity contribution in [3.63, 3.8) is 0 Å². The monoisotopic (exact) mass is 490 g/mol. The van der Waals surface area contributed by atoms with Crippen molar-refractivity contribution in [2.45, 2.75) is 36.8 Å². The molecule has 2 aromatic rings. The maximum atomic E-state index is 6.66. The van der Waals surface area contributed by atoms with Crippen molar-refractivity contribution in [3.8, 4) is 11.1 Å². The lowest BCUT2D eigenvalue weighted by Gasteiger charge is -2.36. The van der Waals surface area contributed by atoms with E-state index in [2.05, 4.69) is 73.2 Å². The van der Waals surface area contributed by atoms with Gasteiger partial charge in [0.15, 0.2) is 0 Å². The Morgan fingerprint density at radius 2 is 1.37 bits per heavy atom. The molecule has 0 amide bonds. The number of hydrogen-bond donors (Lipinski definition) is 1. The second kappa shape index (κ2) is 6.67. The summed E-state index contributed by atoms with van der Waals surface area (Å²) in [5.74, 6) is 0. The molecule has 27 heavy (non-hydrogen) atoms. The van der Waals surface area contributed by atoms with E-state index in [1.54, 1.807) is 0 Å². The summed E-state index contributed by atoms with van der Waals surface area (Å²) in [4.78, 5) is 2.64. The summed E-state index contributed by atoms with van der Waals surface area (Å²) >= 11 is 7.40. The minimum Gasteiger partial charge on any atom is -0.379 e. The van der Waals surface area contributed by atoms with Crippen LogP contribution in [0.15, 0.2) is 45.3 Å². The summed E-state index contributed by atoms with van der Waals surface area (Å²) in [6.07, 6.45) is 4.58. The van der Waals surface area contributed by atoms with E-state index in [9.17, 15) is 0 Å². The van der Waals surface area contributed by atoms with E-state index in [0.29, 0.717) is 0 Å². The van der Waals surface area contributed by atoms with E-state index in [0.717, 1.165) is 48.1 Å². The van der Waals surface area contributed by atoms with Gasteiger partial charge in [-0.15, -0.1) is 0 Å². The third-order valence-electron chi connectivity index (χ3n) is 6.42. The van der Waals surface area contributed by atoms with Crippen molar-refractivity contribution in [3.05, 3.63) is 56.5 Å². The highest BCUT2D eigenvalue weighted by Crippen LogP contribution is 2.56. The van der Waals surface area contributed by atoms with Gasteiger partial charge in [0, 0.05) is 33.1 Å². The smallest absolute Gasteiger partial charge is 0.0594 e. The second-order valence-electron chi connectivity index (χ2n) is 8.17. The molecule has 0 spiro atoms. The van der Waals surface area contributed by atoms with E-state index >= 15 is 0 Å². The lowest BCUT2D eigenvalue weighted by molar-refractivity contribution is 0.00848. The Bertz CT molecular complexity index is 884. The zero-order chi connectivity index (χ0) is 18.6. The third kappa shape index (κ3) is 3.22. The molecule has 5 rings (SSSR count). The van der Waals surface area contributed by atoms with Gasteiger partial charge in [0.05, 0.1) is 13.2 Å². The maximum Gasteiger partial charge on any atom is 0.0594 e. The lowest BCUT2D eigenvalue weighted by atomic mass is 9.87. The molecule has 3 fully saturated rings. The summed E-state index contributed by atoms with van der Waals surface area (Å²) in [5.41, 5.74) is 12.0. The largest absolute Gasteiger partial charge is 0.379 e. The Morgan fingerprint density at radius 1 is 0.815 bits per heavy atom. The highest BCUT2D eigenvalue weighted by atomic mass is 79.9. The molecule has 142 valence electrons. The van der Waals surface area contributed by atoms with Crippen LogP contribution in [0.1, 0.15) is 36.8 Å². The van der Waals surface area contributed by atoms with Crippen LogP contribution < -0.4 is 5.73 Å². The molecule has 3 nitrogen and oxygen atoms in total. The van der Waals surface area contributed by atoms with Crippen LogP contribution in [0.3, 0.4) is 0 Å². The van der Waals surface area contributed by atoms with Gasteiger partial charge in [-0.3, -0.25) is 4.90 Å². The molecule has 0 radical (unpaired) electrons. The highest BCUT2D eigenvalue weighted by molar-refractivity contribution is 9.10. The van der Waals surface area contributed by atoms with Gasteiger partial charge in [-0.25, -0.2) is 0 Å². The molecule has 0 bridgehead atoms. The standard InChI is InChI=1S/C22H24Br2N2O/c23-15-1-3-19(21(25)5-6-21)17(13-15)18-14-16(24)2-4-20(18)22(7-8-22)26-9-11-27-12-10-26/h1-4,13-14H,5-12,25H2. The molecule has 2 N–H and O–H groups in total. The van der Waals surface area contributed by atoms with Gasteiger partial charge in [-0.1, -0.05) is 44.0 Å². The number of nitrogens with zero attached hydrogens (tertiary/aromatic N) is 1. The Morgan fingerprint density at radius 3 is 1.93 bits per heavy atom. The summed E-state index contributed by atoms with van der Waals surface area (Å²) in [6, 6.07) is 13.4. The van der Waals surface area contributed by atoms with Crippen LogP contribution in [0, 0.1) is 0 Å². The molecule has 2 aromatic carbocycles. The van der Waals surface area contributed by atoms with E-state index in [4.69, 9.17) is 10.5 Å². The predicted octanol–water partition coefficient (Wildman–Crippen LogP) is 5.15. The molecule has 1 aliphatic heterocycles. The van der Waals surface area contributed by atoms with E-state index in [1.165, 1.54) is 35.1 Å². The zero-order valence-corrected chi connectivity index (χ0v) is 18.5. The molecule has 1 heterocycles. The first-order valence-electron chi connectivity index (χ1n) is 9.74. The van der Waals surface area contributed by atoms with E-state index in [-0.39, 0.29) is 11.1 Å². The molecule has 0 aromatic heterocycles. The van der Waals surface area contributed by atoms with Crippen molar-refractivity contribution >= 4 is 31.9 Å². The normalized spacial score (nSPS) is 23.2. The third-order valence-corrected chi connectivity index (χ3v) is 7.41. The molecule has 2 aliphatic carbocycles. The summed E-state index contributed by atoms with van der Waals surface area (Å²) in [7, 11) is 0. The van der Waals surface area contributed by atoms with Crippen LogP contribution in [0.2, 0.25) is 0 Å². The minimum atomic E-state index is -0.161. The number of halogens is 2. The van der Waals surface area contributed by atoms with Crippen molar-refractivity contribution in [1.29, 1.82) is 0 Å². The van der Waals surface area contributed by atoms with Crippen LogP contribution >= 0.6 is 31.9 Å². The Labute approximate surface area is 177 Å². The molecular weight excluding hydrogens is 468 g/mol. The summed E-state index contributed by atoms with van der Waals surface area (Å²) in [5, 5.41) is 0. The Balaban J connectivity index is 1.66. The molecular formula is C22H24Br2N2O. The molecule has 0 unspecified atom stereocenters. The molecule has 2 saturated carbocycles. The summed E-state index contributed by atoms with van der Waals surface area (Å²) < 4.78 is 7.83. The average Bonchev–Trinajstić information content (AvgIpc) is 3.60. The number of nitrogens with two attached hydrogens (primary N) is 1. The quantitative estimate of drug-likeness (QED) is 0.642. The first-order chi connectivity index (χ1) is 13.0. The van der Waals surface area contributed by atoms with Crippen molar-refractivity contribution in [1.82, 2.24) is 4.90 Å². The average molecular weight is 492 g/mol. The first-order valence-corrected chi connectivity index (χ1v) is 11.3. The van der Waals surface area contributed by atoms with Crippen LogP contribution in [-0.4, -0.2) is 31.2 Å². The maximum absolute atomic E-state index is 6.66. The van der Waals surface area contributed by atoms with Crippen molar-refractivity contribution in [2.24, 2.45) is 5.73 Å². The Kier molecular flexibility index (Phi) is 4.52. The van der Waals surface area contributed by atoms with E-state index in [1.807, 2.05) is 0 Å². The predicted molar refractivity (Wildman–Crippen MR) is 116 cm³/mol. The fourth-order valence-corrected chi connectivity index (χ4v) is 5.31. The zero-order valence-electron chi connectivity index (χ0n) is 15.3. The number of benzene rings is 2. The lowest BCUT2D eigenvalue weighted by Crippen LogP contribution is -2.43. The molecule has 5 heteroatoms. The van der Waals surface area contributed by atoms with Gasteiger partial charge in [0.2, 0.25) is 0 Å². The van der Waals surface area contributed by atoms with Crippen LogP contribution in [0.25, 0.3) is 11.1 Å². The molecule has 1 saturated heterocycles. The fraction of sp³-hybridized carbons (Fsp3) is 0.455. The first kappa shape index (κ1) is 18.3. The van der Waals surface area contributed by atoms with Gasteiger partial charge in [-0.05, 0) is 72.2 Å². The van der Waals surface area contributed by atoms with Gasteiger partial charge in [-0.2, -0.15) is 0 Å². The SMILES string of the molecule is NC1(c2ccc(Br)cc2-c2cc(Br)ccc2C2(N3CCOCC3)CC2)CC1. The van der Waals surface area contributed by atoms with Crippen LogP contribution in [0.5, 0.6) is 0 Å². The van der Waals surface area contributed by atoms with Crippen molar-refractivity contribution in [2.75, 3.05) is 26.3 Å².